The van der Waals surface area contributed by atoms with Gasteiger partial charge in [-0.1, -0.05) is 0 Å². The maximum atomic E-state index is 12.7. The number of rotatable bonds is 12. The van der Waals surface area contributed by atoms with Crippen molar-refractivity contribution in [1.29, 1.82) is 0 Å². The standard InChI is InChI=1S/C17H27N7O6/c1-8(18)14(26)22-9(2)15(27)24-12(5-10-6-20-7-21-10)16(28)23-11(17(29)30)3-4-13(19)25/h6-9,11-12H,3-5,18H2,1-2H3,(H2,19,25)(H,20,21)(H,22,26)(H,23,28)(H,24,27)(H,29,30). The number of aromatic nitrogens is 2. The van der Waals surface area contributed by atoms with E-state index in [4.69, 9.17) is 11.5 Å². The van der Waals surface area contributed by atoms with Crippen molar-refractivity contribution >= 4 is 29.6 Å². The molecule has 4 amide bonds. The number of imidazole rings is 1. The van der Waals surface area contributed by atoms with Gasteiger partial charge < -0.3 is 37.5 Å². The van der Waals surface area contributed by atoms with Gasteiger partial charge in [0.05, 0.1) is 12.4 Å². The van der Waals surface area contributed by atoms with Crippen LogP contribution in [0.15, 0.2) is 12.5 Å². The predicted octanol–water partition coefficient (Wildman–Crippen LogP) is -2.88. The van der Waals surface area contributed by atoms with E-state index in [1.165, 1.54) is 26.4 Å². The zero-order valence-corrected chi connectivity index (χ0v) is 16.7. The minimum atomic E-state index is -1.37. The van der Waals surface area contributed by atoms with E-state index in [1.54, 1.807) is 0 Å². The molecule has 13 heteroatoms. The third kappa shape index (κ3) is 8.26. The Bertz CT molecular complexity index is 765. The van der Waals surface area contributed by atoms with E-state index in [0.29, 0.717) is 5.69 Å². The van der Waals surface area contributed by atoms with Crippen molar-refractivity contribution in [2.45, 2.75) is 57.3 Å². The van der Waals surface area contributed by atoms with Gasteiger partial charge in [0.25, 0.3) is 0 Å². The summed E-state index contributed by atoms with van der Waals surface area (Å²) in [6, 6.07) is -4.37. The van der Waals surface area contributed by atoms with Crippen molar-refractivity contribution in [2.24, 2.45) is 11.5 Å². The van der Waals surface area contributed by atoms with Crippen molar-refractivity contribution in [2.75, 3.05) is 0 Å². The summed E-state index contributed by atoms with van der Waals surface area (Å²) in [7, 11) is 0. The maximum absolute atomic E-state index is 12.7. The SMILES string of the molecule is CC(N)C(=O)NC(C)C(=O)NC(Cc1cnc[nH]1)C(=O)NC(CCC(N)=O)C(=O)O. The van der Waals surface area contributed by atoms with Crippen LogP contribution in [0.2, 0.25) is 0 Å². The summed E-state index contributed by atoms with van der Waals surface area (Å²) in [6.45, 7) is 2.86. The van der Waals surface area contributed by atoms with Crippen molar-refractivity contribution in [1.82, 2.24) is 25.9 Å². The maximum Gasteiger partial charge on any atom is 0.326 e. The topological polar surface area (TPSA) is 222 Å². The number of H-pyrrole nitrogens is 1. The molecule has 0 aliphatic rings. The fourth-order valence-electron chi connectivity index (χ4n) is 2.35. The second-order valence-electron chi connectivity index (χ2n) is 6.77. The third-order valence-electron chi connectivity index (χ3n) is 4.07. The molecule has 13 nitrogen and oxygen atoms in total. The van der Waals surface area contributed by atoms with E-state index in [0.717, 1.165) is 0 Å². The van der Waals surface area contributed by atoms with Crippen LogP contribution in [0.25, 0.3) is 0 Å². The van der Waals surface area contributed by atoms with Gasteiger partial charge in [0.2, 0.25) is 23.6 Å². The summed E-state index contributed by atoms with van der Waals surface area (Å²) in [6.07, 6.45) is 2.35. The number of carbonyl (C=O) groups is 5. The first kappa shape index (κ1) is 24.6. The van der Waals surface area contributed by atoms with Crippen molar-refractivity contribution < 1.29 is 29.1 Å². The molecule has 0 saturated carbocycles. The number of amides is 4. The first-order valence-electron chi connectivity index (χ1n) is 9.16. The fourth-order valence-corrected chi connectivity index (χ4v) is 2.35. The lowest BCUT2D eigenvalue weighted by atomic mass is 10.1. The Morgan fingerprint density at radius 1 is 1.07 bits per heavy atom. The Labute approximate surface area is 172 Å². The van der Waals surface area contributed by atoms with Crippen molar-refractivity contribution in [3.05, 3.63) is 18.2 Å². The zero-order chi connectivity index (χ0) is 22.8. The van der Waals surface area contributed by atoms with Crippen LogP contribution >= 0.6 is 0 Å². The predicted molar refractivity (Wildman–Crippen MR) is 103 cm³/mol. The van der Waals surface area contributed by atoms with Crippen LogP contribution in [0.5, 0.6) is 0 Å². The molecular formula is C17H27N7O6. The fraction of sp³-hybridized carbons (Fsp3) is 0.529. The minimum Gasteiger partial charge on any atom is -0.480 e. The molecule has 0 aliphatic carbocycles. The van der Waals surface area contributed by atoms with E-state index in [1.807, 2.05) is 0 Å². The lowest BCUT2D eigenvalue weighted by molar-refractivity contribution is -0.142. The smallest absolute Gasteiger partial charge is 0.326 e. The second kappa shape index (κ2) is 11.5. The van der Waals surface area contributed by atoms with Crippen molar-refractivity contribution in [3.63, 3.8) is 0 Å². The van der Waals surface area contributed by atoms with Gasteiger partial charge in [-0.15, -0.1) is 0 Å². The molecule has 4 unspecified atom stereocenters. The molecule has 0 spiro atoms. The molecule has 30 heavy (non-hydrogen) atoms. The molecule has 0 bridgehead atoms. The van der Waals surface area contributed by atoms with Gasteiger partial charge in [0.15, 0.2) is 0 Å². The lowest BCUT2D eigenvalue weighted by Crippen LogP contribution is -2.56. The number of primary amides is 1. The number of nitrogens with zero attached hydrogens (tertiary/aromatic N) is 1. The van der Waals surface area contributed by atoms with Crippen LogP contribution in [0, 0.1) is 0 Å². The summed E-state index contributed by atoms with van der Waals surface area (Å²) >= 11 is 0. The first-order chi connectivity index (χ1) is 14.0. The van der Waals surface area contributed by atoms with Crippen LogP contribution in [-0.2, 0) is 30.4 Å². The molecule has 9 N–H and O–H groups in total. The quantitative estimate of drug-likeness (QED) is 0.184. The highest BCUT2D eigenvalue weighted by atomic mass is 16.4. The van der Waals surface area contributed by atoms with Crippen LogP contribution in [-0.4, -0.2) is 68.8 Å². The number of aliphatic carboxylic acids is 1. The Morgan fingerprint density at radius 3 is 2.20 bits per heavy atom. The number of hydrogen-bond acceptors (Lipinski definition) is 7. The highest BCUT2D eigenvalue weighted by Gasteiger charge is 2.29. The minimum absolute atomic E-state index is 0.0201. The van der Waals surface area contributed by atoms with Crippen LogP contribution in [0.1, 0.15) is 32.4 Å². The van der Waals surface area contributed by atoms with Crippen LogP contribution in [0.4, 0.5) is 0 Å². The molecule has 0 aliphatic heterocycles. The molecule has 4 atom stereocenters. The molecular weight excluding hydrogens is 398 g/mol. The van der Waals surface area contributed by atoms with Gasteiger partial charge in [0, 0.05) is 24.7 Å². The molecule has 0 fully saturated rings. The van der Waals surface area contributed by atoms with Gasteiger partial charge in [-0.2, -0.15) is 0 Å². The molecule has 0 saturated heterocycles. The van der Waals surface area contributed by atoms with Gasteiger partial charge in [-0.05, 0) is 20.3 Å². The largest absolute Gasteiger partial charge is 0.480 e. The Morgan fingerprint density at radius 2 is 1.70 bits per heavy atom. The molecule has 0 radical (unpaired) electrons. The van der Waals surface area contributed by atoms with E-state index >= 15 is 0 Å². The summed E-state index contributed by atoms with van der Waals surface area (Å²) in [4.78, 5) is 65.7. The number of aromatic amines is 1. The highest BCUT2D eigenvalue weighted by Crippen LogP contribution is 2.03. The molecule has 0 aromatic carbocycles. The summed E-state index contributed by atoms with van der Waals surface area (Å²) < 4.78 is 0. The molecule has 1 heterocycles. The lowest BCUT2D eigenvalue weighted by Gasteiger charge is -2.23. The summed E-state index contributed by atoms with van der Waals surface area (Å²) in [5, 5.41) is 16.4. The van der Waals surface area contributed by atoms with E-state index in [2.05, 4.69) is 25.9 Å². The third-order valence-corrected chi connectivity index (χ3v) is 4.07. The van der Waals surface area contributed by atoms with Crippen molar-refractivity contribution in [3.8, 4) is 0 Å². The van der Waals surface area contributed by atoms with E-state index < -0.39 is 53.8 Å². The average Bonchev–Trinajstić information content (AvgIpc) is 3.16. The Balaban J connectivity index is 2.89. The summed E-state index contributed by atoms with van der Waals surface area (Å²) in [5.74, 6) is -4.08. The van der Waals surface area contributed by atoms with Crippen LogP contribution in [0.3, 0.4) is 0 Å². The average molecular weight is 425 g/mol. The first-order valence-corrected chi connectivity index (χ1v) is 9.16. The number of nitrogens with two attached hydrogens (primary N) is 2. The Kier molecular flexibility index (Phi) is 9.42. The van der Waals surface area contributed by atoms with E-state index in [-0.39, 0.29) is 19.3 Å². The Hall–Kier alpha value is -3.48. The number of carboxylic acids is 1. The van der Waals surface area contributed by atoms with Gasteiger partial charge in [-0.3, -0.25) is 19.2 Å². The van der Waals surface area contributed by atoms with Gasteiger partial charge in [-0.25, -0.2) is 9.78 Å². The molecule has 166 valence electrons. The molecule has 1 aromatic rings. The molecule has 1 aromatic heterocycles. The normalized spacial score (nSPS) is 14.6. The second-order valence-corrected chi connectivity index (χ2v) is 6.77. The molecule has 1 rings (SSSR count). The zero-order valence-electron chi connectivity index (χ0n) is 16.7. The summed E-state index contributed by atoms with van der Waals surface area (Å²) in [5.41, 5.74) is 11.0. The highest BCUT2D eigenvalue weighted by molar-refractivity contribution is 5.94. The number of hydrogen-bond donors (Lipinski definition) is 7. The van der Waals surface area contributed by atoms with E-state index in [9.17, 15) is 29.1 Å². The number of carbonyl (C=O) groups excluding carboxylic acids is 4. The number of nitrogens with one attached hydrogen (secondary N) is 4. The van der Waals surface area contributed by atoms with Crippen LogP contribution < -0.4 is 27.4 Å². The number of carboxylic acid groups (broad SMARTS) is 1. The monoisotopic (exact) mass is 425 g/mol. The van der Waals surface area contributed by atoms with Gasteiger partial charge >= 0.3 is 5.97 Å². The van der Waals surface area contributed by atoms with Gasteiger partial charge in [0.1, 0.15) is 18.1 Å².